The SMILES string of the molecule is O=C(CC[C@H](NC(=O)c1c(Cl)cccc1Cl)C(=O)O)CNC(=O)c1cccc(CC2=NCCCC2)c1. The predicted octanol–water partition coefficient (Wildman–Crippen LogP) is 4.12. The van der Waals surface area contributed by atoms with Crippen LogP contribution in [0, 0.1) is 0 Å². The second kappa shape index (κ2) is 13.2. The van der Waals surface area contributed by atoms with Gasteiger partial charge in [-0.15, -0.1) is 0 Å². The summed E-state index contributed by atoms with van der Waals surface area (Å²) in [6.07, 6.45) is 3.58. The molecule has 1 heterocycles. The molecule has 2 aromatic carbocycles. The topological polar surface area (TPSA) is 125 Å². The monoisotopic (exact) mass is 531 g/mol. The third kappa shape index (κ3) is 7.90. The molecule has 0 unspecified atom stereocenters. The smallest absolute Gasteiger partial charge is 0.326 e. The molecule has 0 aromatic heterocycles. The van der Waals surface area contributed by atoms with Gasteiger partial charge in [-0.3, -0.25) is 19.4 Å². The Morgan fingerprint density at radius 1 is 1.00 bits per heavy atom. The van der Waals surface area contributed by atoms with E-state index < -0.39 is 23.8 Å². The molecule has 2 aromatic rings. The van der Waals surface area contributed by atoms with Crippen LogP contribution >= 0.6 is 23.2 Å². The van der Waals surface area contributed by atoms with Gasteiger partial charge in [-0.05, 0) is 55.5 Å². The summed E-state index contributed by atoms with van der Waals surface area (Å²) >= 11 is 12.0. The van der Waals surface area contributed by atoms with Gasteiger partial charge < -0.3 is 15.7 Å². The molecule has 1 atom stereocenters. The number of aliphatic carboxylic acids is 1. The highest BCUT2D eigenvalue weighted by molar-refractivity contribution is 6.39. The molecule has 190 valence electrons. The Balaban J connectivity index is 1.50. The quantitative estimate of drug-likeness (QED) is 0.402. The minimum absolute atomic E-state index is 0.0385. The lowest BCUT2D eigenvalue weighted by atomic mass is 10.00. The Labute approximate surface area is 219 Å². The zero-order valence-electron chi connectivity index (χ0n) is 19.6. The fraction of sp³-hybridized carbons (Fsp3) is 0.346. The lowest BCUT2D eigenvalue weighted by Crippen LogP contribution is -2.41. The van der Waals surface area contributed by atoms with Crippen molar-refractivity contribution < 1.29 is 24.3 Å². The molecule has 3 N–H and O–H groups in total. The van der Waals surface area contributed by atoms with E-state index in [9.17, 15) is 24.3 Å². The fourth-order valence-electron chi connectivity index (χ4n) is 3.84. The number of ketones is 1. The second-order valence-electron chi connectivity index (χ2n) is 8.50. The van der Waals surface area contributed by atoms with Gasteiger partial charge in [0.25, 0.3) is 11.8 Å². The summed E-state index contributed by atoms with van der Waals surface area (Å²) in [5.74, 6) is -2.82. The maximum Gasteiger partial charge on any atom is 0.326 e. The van der Waals surface area contributed by atoms with Crippen molar-refractivity contribution in [1.82, 2.24) is 10.6 Å². The number of carbonyl (C=O) groups is 4. The average molecular weight is 532 g/mol. The maximum absolute atomic E-state index is 12.5. The molecule has 0 saturated carbocycles. The van der Waals surface area contributed by atoms with Gasteiger partial charge >= 0.3 is 5.97 Å². The van der Waals surface area contributed by atoms with Crippen molar-refractivity contribution in [1.29, 1.82) is 0 Å². The molecule has 0 radical (unpaired) electrons. The normalized spacial score (nSPS) is 13.9. The van der Waals surface area contributed by atoms with Crippen LogP contribution in [0.3, 0.4) is 0 Å². The van der Waals surface area contributed by atoms with Crippen molar-refractivity contribution in [3.05, 3.63) is 69.2 Å². The summed E-state index contributed by atoms with van der Waals surface area (Å²) in [5, 5.41) is 14.5. The molecule has 0 saturated heterocycles. The number of nitrogens with zero attached hydrogens (tertiary/aromatic N) is 1. The van der Waals surface area contributed by atoms with E-state index in [4.69, 9.17) is 23.2 Å². The van der Waals surface area contributed by atoms with Crippen LogP contribution in [0.1, 0.15) is 58.4 Å². The summed E-state index contributed by atoms with van der Waals surface area (Å²) in [6.45, 7) is 0.587. The molecular formula is C26H27Cl2N3O5. The number of amides is 2. The lowest BCUT2D eigenvalue weighted by Gasteiger charge is -2.15. The molecule has 8 nitrogen and oxygen atoms in total. The van der Waals surface area contributed by atoms with Crippen LogP contribution in [-0.2, 0) is 16.0 Å². The van der Waals surface area contributed by atoms with E-state index in [2.05, 4.69) is 15.6 Å². The van der Waals surface area contributed by atoms with Gasteiger partial charge in [0.2, 0.25) is 0 Å². The summed E-state index contributed by atoms with van der Waals surface area (Å²) < 4.78 is 0. The van der Waals surface area contributed by atoms with E-state index >= 15 is 0 Å². The van der Waals surface area contributed by atoms with Crippen LogP contribution in [-0.4, -0.2) is 53.5 Å². The first kappa shape index (κ1) is 27.4. The Bertz CT molecular complexity index is 1160. The van der Waals surface area contributed by atoms with Gasteiger partial charge in [0, 0.05) is 30.7 Å². The molecule has 0 fully saturated rings. The number of halogens is 2. The number of carboxylic acid groups (broad SMARTS) is 1. The first-order chi connectivity index (χ1) is 17.2. The van der Waals surface area contributed by atoms with Gasteiger partial charge in [-0.1, -0.05) is 41.4 Å². The largest absolute Gasteiger partial charge is 0.480 e. The van der Waals surface area contributed by atoms with Gasteiger partial charge in [-0.2, -0.15) is 0 Å². The molecule has 10 heteroatoms. The summed E-state index contributed by atoms with van der Waals surface area (Å²) in [4.78, 5) is 53.5. The number of aliphatic imine (C=N–C) groups is 1. The minimum Gasteiger partial charge on any atom is -0.480 e. The molecule has 0 bridgehead atoms. The van der Waals surface area contributed by atoms with E-state index in [1.54, 1.807) is 24.3 Å². The molecule has 1 aliphatic heterocycles. The average Bonchev–Trinajstić information content (AvgIpc) is 2.85. The molecular weight excluding hydrogens is 505 g/mol. The van der Waals surface area contributed by atoms with E-state index in [-0.39, 0.29) is 40.8 Å². The van der Waals surface area contributed by atoms with Gasteiger partial charge in [0.15, 0.2) is 5.78 Å². The van der Waals surface area contributed by atoms with E-state index in [0.717, 1.165) is 37.1 Å². The van der Waals surface area contributed by atoms with Crippen molar-refractivity contribution >= 4 is 52.5 Å². The third-order valence-electron chi connectivity index (χ3n) is 5.76. The second-order valence-corrected chi connectivity index (χ2v) is 9.32. The lowest BCUT2D eigenvalue weighted by molar-refractivity contribution is -0.139. The van der Waals surface area contributed by atoms with Gasteiger partial charge in [-0.25, -0.2) is 4.79 Å². The zero-order valence-corrected chi connectivity index (χ0v) is 21.1. The number of hydrogen-bond donors (Lipinski definition) is 3. The van der Waals surface area contributed by atoms with Crippen LogP contribution in [0.4, 0.5) is 0 Å². The first-order valence-electron chi connectivity index (χ1n) is 11.6. The highest BCUT2D eigenvalue weighted by Gasteiger charge is 2.24. The fourth-order valence-corrected chi connectivity index (χ4v) is 4.41. The number of nitrogens with one attached hydrogen (secondary N) is 2. The highest BCUT2D eigenvalue weighted by Crippen LogP contribution is 2.24. The molecule has 1 aliphatic rings. The molecule has 0 aliphatic carbocycles. The van der Waals surface area contributed by atoms with E-state index in [1.165, 1.54) is 12.1 Å². The Morgan fingerprint density at radius 2 is 1.72 bits per heavy atom. The van der Waals surface area contributed by atoms with Crippen LogP contribution in [0.15, 0.2) is 47.5 Å². The molecule has 3 rings (SSSR count). The van der Waals surface area contributed by atoms with Crippen molar-refractivity contribution in [3.63, 3.8) is 0 Å². The van der Waals surface area contributed by atoms with E-state index in [0.29, 0.717) is 12.0 Å². The van der Waals surface area contributed by atoms with Crippen LogP contribution in [0.25, 0.3) is 0 Å². The predicted molar refractivity (Wildman–Crippen MR) is 138 cm³/mol. The third-order valence-corrected chi connectivity index (χ3v) is 6.39. The highest BCUT2D eigenvalue weighted by atomic mass is 35.5. The standard InChI is InChI=1S/C26H27Cl2N3O5/c27-20-8-4-9-21(28)23(20)25(34)31-22(26(35)36)11-10-19(32)15-30-24(33)17-6-3-5-16(13-17)14-18-7-1-2-12-29-18/h3-6,8-9,13,22H,1-2,7,10-12,14-15H2,(H,30,33)(H,31,34)(H,35,36)/t22-/m0/s1. The maximum atomic E-state index is 12.5. The number of carboxylic acids is 1. The number of hydrogen-bond acceptors (Lipinski definition) is 5. The zero-order chi connectivity index (χ0) is 26.1. The summed E-state index contributed by atoms with van der Waals surface area (Å²) in [7, 11) is 0. The van der Waals surface area contributed by atoms with Crippen LogP contribution < -0.4 is 10.6 Å². The summed E-state index contributed by atoms with van der Waals surface area (Å²) in [6, 6.07) is 10.3. The number of rotatable bonds is 11. The van der Waals surface area contributed by atoms with Crippen molar-refractivity contribution in [3.8, 4) is 0 Å². The van der Waals surface area contributed by atoms with Crippen molar-refractivity contribution in [2.45, 2.75) is 44.6 Å². The van der Waals surface area contributed by atoms with Crippen LogP contribution in [0.2, 0.25) is 10.0 Å². The minimum atomic E-state index is -1.33. The van der Waals surface area contributed by atoms with Crippen molar-refractivity contribution in [2.24, 2.45) is 4.99 Å². The van der Waals surface area contributed by atoms with E-state index in [1.807, 2.05) is 6.07 Å². The van der Waals surface area contributed by atoms with Gasteiger partial charge in [0.05, 0.1) is 22.2 Å². The van der Waals surface area contributed by atoms with Crippen molar-refractivity contribution in [2.75, 3.05) is 13.1 Å². The number of carbonyl (C=O) groups excluding carboxylic acids is 3. The van der Waals surface area contributed by atoms with Gasteiger partial charge in [0.1, 0.15) is 6.04 Å². The Morgan fingerprint density at radius 3 is 2.39 bits per heavy atom. The Hall–Kier alpha value is -3.23. The number of Topliss-reactive ketones (excluding diaryl/α,β-unsaturated/α-hetero) is 1. The molecule has 2 amide bonds. The summed E-state index contributed by atoms with van der Waals surface area (Å²) in [5.41, 5.74) is 2.51. The molecule has 0 spiro atoms. The Kier molecular flexibility index (Phi) is 10.0. The first-order valence-corrected chi connectivity index (χ1v) is 12.4. The molecule has 36 heavy (non-hydrogen) atoms. The van der Waals surface area contributed by atoms with Crippen LogP contribution in [0.5, 0.6) is 0 Å². The number of benzene rings is 2.